The number of aliphatic hydroxyl groups is 1. The van der Waals surface area contributed by atoms with Gasteiger partial charge in [0.05, 0.1) is 11.5 Å². The molecule has 1 aliphatic rings. The van der Waals surface area contributed by atoms with Crippen molar-refractivity contribution in [3.05, 3.63) is 22.7 Å². The summed E-state index contributed by atoms with van der Waals surface area (Å²) in [5.74, 6) is 0. The van der Waals surface area contributed by atoms with E-state index in [0.29, 0.717) is 23.1 Å². The Labute approximate surface area is 115 Å². The standard InChI is InChI=1S/C11H15BrN2O3S/c12-10-4-3-8(13)6-11(10)18(16,17)14-5-1-2-9(14)7-15/h3-4,6,9,15H,1-2,5,7,13H2/t9-/m0/s1. The van der Waals surface area contributed by atoms with Crippen LogP contribution in [0.5, 0.6) is 0 Å². The summed E-state index contributed by atoms with van der Waals surface area (Å²) in [7, 11) is -3.61. The number of benzene rings is 1. The number of nitrogen functional groups attached to an aromatic ring is 1. The number of nitrogens with two attached hydrogens (primary N) is 1. The van der Waals surface area contributed by atoms with Gasteiger partial charge in [-0.15, -0.1) is 0 Å². The Kier molecular flexibility index (Phi) is 3.96. The molecule has 7 heteroatoms. The van der Waals surface area contributed by atoms with Crippen molar-refractivity contribution >= 4 is 31.6 Å². The zero-order valence-electron chi connectivity index (χ0n) is 9.71. The molecule has 0 bridgehead atoms. The van der Waals surface area contributed by atoms with Gasteiger partial charge in [-0.3, -0.25) is 0 Å². The van der Waals surface area contributed by atoms with Gasteiger partial charge in [0.25, 0.3) is 0 Å². The van der Waals surface area contributed by atoms with E-state index >= 15 is 0 Å². The molecule has 2 rings (SSSR count). The van der Waals surface area contributed by atoms with Gasteiger partial charge in [-0.2, -0.15) is 4.31 Å². The summed E-state index contributed by atoms with van der Waals surface area (Å²) in [6.45, 7) is 0.286. The lowest BCUT2D eigenvalue weighted by Crippen LogP contribution is -2.37. The van der Waals surface area contributed by atoms with Gasteiger partial charge in [0.2, 0.25) is 10.0 Å². The predicted molar refractivity (Wildman–Crippen MR) is 72.6 cm³/mol. The average Bonchev–Trinajstić information content (AvgIpc) is 2.81. The number of hydrogen-bond donors (Lipinski definition) is 2. The third-order valence-corrected chi connectivity index (χ3v) is 6.02. The number of aliphatic hydroxyl groups excluding tert-OH is 1. The van der Waals surface area contributed by atoms with Gasteiger partial charge >= 0.3 is 0 Å². The van der Waals surface area contributed by atoms with Gasteiger partial charge in [0.1, 0.15) is 0 Å². The van der Waals surface area contributed by atoms with E-state index in [1.54, 1.807) is 12.1 Å². The van der Waals surface area contributed by atoms with E-state index in [1.807, 2.05) is 0 Å². The van der Waals surface area contributed by atoms with E-state index in [9.17, 15) is 13.5 Å². The molecule has 0 saturated carbocycles. The highest BCUT2D eigenvalue weighted by molar-refractivity contribution is 9.10. The van der Waals surface area contributed by atoms with Crippen LogP contribution in [0.3, 0.4) is 0 Å². The van der Waals surface area contributed by atoms with E-state index in [4.69, 9.17) is 5.73 Å². The molecule has 1 aliphatic heterocycles. The number of sulfonamides is 1. The third-order valence-electron chi connectivity index (χ3n) is 3.08. The van der Waals surface area contributed by atoms with Gasteiger partial charge in [-0.25, -0.2) is 8.42 Å². The second kappa shape index (κ2) is 5.16. The first-order chi connectivity index (χ1) is 8.46. The molecule has 1 saturated heterocycles. The second-order valence-corrected chi connectivity index (χ2v) is 7.00. The molecule has 1 fully saturated rings. The van der Waals surface area contributed by atoms with E-state index < -0.39 is 10.0 Å². The van der Waals surface area contributed by atoms with Gasteiger partial charge in [0, 0.05) is 22.7 Å². The van der Waals surface area contributed by atoms with Gasteiger partial charge in [-0.1, -0.05) is 0 Å². The Morgan fingerprint density at radius 1 is 1.50 bits per heavy atom. The maximum absolute atomic E-state index is 12.5. The summed E-state index contributed by atoms with van der Waals surface area (Å²) >= 11 is 3.23. The Hall–Kier alpha value is -0.630. The van der Waals surface area contributed by atoms with Crippen molar-refractivity contribution in [1.29, 1.82) is 0 Å². The van der Waals surface area contributed by atoms with Crippen LogP contribution in [0.4, 0.5) is 5.69 Å². The SMILES string of the molecule is Nc1ccc(Br)c(S(=O)(=O)N2CCC[C@H]2CO)c1. The molecule has 0 amide bonds. The first-order valence-electron chi connectivity index (χ1n) is 5.64. The van der Waals surface area contributed by atoms with Crippen LogP contribution in [0.2, 0.25) is 0 Å². The summed E-state index contributed by atoms with van der Waals surface area (Å²) in [6.07, 6.45) is 1.46. The fourth-order valence-electron chi connectivity index (χ4n) is 2.15. The highest BCUT2D eigenvalue weighted by Gasteiger charge is 2.35. The normalized spacial score (nSPS) is 21.3. The largest absolute Gasteiger partial charge is 0.399 e. The topological polar surface area (TPSA) is 83.6 Å². The van der Waals surface area contributed by atoms with E-state index in [0.717, 1.165) is 6.42 Å². The quantitative estimate of drug-likeness (QED) is 0.813. The van der Waals surface area contributed by atoms with Gasteiger partial charge in [-0.05, 0) is 47.0 Å². The first-order valence-corrected chi connectivity index (χ1v) is 7.88. The minimum Gasteiger partial charge on any atom is -0.399 e. The first kappa shape index (κ1) is 13.8. The molecule has 0 unspecified atom stereocenters. The lowest BCUT2D eigenvalue weighted by molar-refractivity contribution is 0.213. The molecule has 1 aromatic rings. The Balaban J connectivity index is 2.45. The van der Waals surface area contributed by atoms with Crippen molar-refractivity contribution in [2.75, 3.05) is 18.9 Å². The van der Waals surface area contributed by atoms with Crippen LogP contribution >= 0.6 is 15.9 Å². The van der Waals surface area contributed by atoms with E-state index in [1.165, 1.54) is 10.4 Å². The zero-order chi connectivity index (χ0) is 13.3. The lowest BCUT2D eigenvalue weighted by Gasteiger charge is -2.23. The van der Waals surface area contributed by atoms with Gasteiger partial charge in [0.15, 0.2) is 0 Å². The molecule has 1 aromatic carbocycles. The Morgan fingerprint density at radius 2 is 2.22 bits per heavy atom. The maximum atomic E-state index is 12.5. The molecule has 0 radical (unpaired) electrons. The summed E-state index contributed by atoms with van der Waals surface area (Å²) in [5, 5.41) is 9.23. The highest BCUT2D eigenvalue weighted by Crippen LogP contribution is 2.31. The van der Waals surface area contributed by atoms with Crippen LogP contribution in [-0.2, 0) is 10.0 Å². The molecule has 100 valence electrons. The molecular formula is C11H15BrN2O3S. The second-order valence-electron chi connectivity index (χ2n) is 4.28. The van der Waals surface area contributed by atoms with Crippen LogP contribution in [0.15, 0.2) is 27.6 Å². The van der Waals surface area contributed by atoms with Crippen molar-refractivity contribution in [3.8, 4) is 0 Å². The maximum Gasteiger partial charge on any atom is 0.244 e. The summed E-state index contributed by atoms with van der Waals surface area (Å²) in [6, 6.07) is 4.36. The fourth-order valence-corrected chi connectivity index (χ4v) is 4.80. The molecular weight excluding hydrogens is 320 g/mol. The number of halogens is 1. The molecule has 18 heavy (non-hydrogen) atoms. The molecule has 1 atom stereocenters. The van der Waals surface area contributed by atoms with Crippen LogP contribution in [0.1, 0.15) is 12.8 Å². The van der Waals surface area contributed by atoms with Crippen LogP contribution in [0, 0.1) is 0 Å². The van der Waals surface area contributed by atoms with Crippen molar-refractivity contribution < 1.29 is 13.5 Å². The molecule has 0 spiro atoms. The van der Waals surface area contributed by atoms with Crippen molar-refractivity contribution in [3.63, 3.8) is 0 Å². The zero-order valence-corrected chi connectivity index (χ0v) is 12.1. The van der Waals surface area contributed by atoms with E-state index in [-0.39, 0.29) is 17.5 Å². The fraction of sp³-hybridized carbons (Fsp3) is 0.455. The van der Waals surface area contributed by atoms with Crippen molar-refractivity contribution in [1.82, 2.24) is 4.31 Å². The number of rotatable bonds is 3. The molecule has 1 heterocycles. The molecule has 0 aliphatic carbocycles. The summed E-state index contributed by atoms with van der Waals surface area (Å²) in [5.41, 5.74) is 6.04. The van der Waals surface area contributed by atoms with Crippen molar-refractivity contribution in [2.45, 2.75) is 23.8 Å². The minimum atomic E-state index is -3.61. The minimum absolute atomic E-state index is 0.154. The summed E-state index contributed by atoms with van der Waals surface area (Å²) in [4.78, 5) is 0.155. The smallest absolute Gasteiger partial charge is 0.244 e. The van der Waals surface area contributed by atoms with E-state index in [2.05, 4.69) is 15.9 Å². The third kappa shape index (κ3) is 2.40. The average molecular weight is 335 g/mol. The number of nitrogens with zero attached hydrogens (tertiary/aromatic N) is 1. The Bertz CT molecular complexity index is 547. The number of hydrogen-bond acceptors (Lipinski definition) is 4. The van der Waals surface area contributed by atoms with Crippen LogP contribution in [0.25, 0.3) is 0 Å². The predicted octanol–water partition coefficient (Wildman–Crippen LogP) is 1.18. The van der Waals surface area contributed by atoms with Crippen LogP contribution in [-0.4, -0.2) is 37.0 Å². The van der Waals surface area contributed by atoms with Gasteiger partial charge < -0.3 is 10.8 Å². The molecule has 0 aromatic heterocycles. The molecule has 5 nitrogen and oxygen atoms in total. The van der Waals surface area contributed by atoms with Crippen molar-refractivity contribution in [2.24, 2.45) is 0 Å². The Morgan fingerprint density at radius 3 is 2.89 bits per heavy atom. The molecule has 3 N–H and O–H groups in total. The lowest BCUT2D eigenvalue weighted by atomic mass is 10.2. The highest BCUT2D eigenvalue weighted by atomic mass is 79.9. The monoisotopic (exact) mass is 334 g/mol. The van der Waals surface area contributed by atoms with Crippen LogP contribution < -0.4 is 5.73 Å². The number of anilines is 1. The summed E-state index contributed by atoms with van der Waals surface area (Å²) < 4.78 is 26.9.